The molecule has 0 aliphatic carbocycles. The number of carbonyl (C=O) groups excluding carboxylic acids is 1. The van der Waals surface area contributed by atoms with Crippen LogP contribution in [0.3, 0.4) is 0 Å². The summed E-state index contributed by atoms with van der Waals surface area (Å²) in [5.74, 6) is 1.000. The summed E-state index contributed by atoms with van der Waals surface area (Å²) in [7, 11) is 0. The molecule has 1 rings (SSSR count). The fraction of sp³-hybridized carbons (Fsp3) is 0.875. The van der Waals surface area contributed by atoms with Gasteiger partial charge in [-0.15, -0.1) is 0 Å². The van der Waals surface area contributed by atoms with Crippen LogP contribution in [0.4, 0.5) is 0 Å². The Bertz CT molecular complexity index is 133. The van der Waals surface area contributed by atoms with Gasteiger partial charge in [0.25, 0.3) is 0 Å². The standard InChI is InChI=1S/C8H15NO/c1-3-8-4-5-9(6-8)7(2)10/h8H,3-6H2,1-2H3/t8-/m1/s1. The van der Waals surface area contributed by atoms with Gasteiger partial charge in [-0.05, 0) is 12.3 Å². The van der Waals surface area contributed by atoms with Gasteiger partial charge in [-0.1, -0.05) is 13.3 Å². The quantitative estimate of drug-likeness (QED) is 0.538. The van der Waals surface area contributed by atoms with E-state index >= 15 is 0 Å². The van der Waals surface area contributed by atoms with Gasteiger partial charge >= 0.3 is 0 Å². The number of hydrogen-bond acceptors (Lipinski definition) is 1. The van der Waals surface area contributed by atoms with Gasteiger partial charge < -0.3 is 4.90 Å². The maximum absolute atomic E-state index is 10.8. The highest BCUT2D eigenvalue weighted by Gasteiger charge is 2.21. The summed E-state index contributed by atoms with van der Waals surface area (Å²) < 4.78 is 0. The molecule has 0 aromatic heterocycles. The third kappa shape index (κ3) is 1.49. The Labute approximate surface area is 62.2 Å². The molecule has 0 N–H and O–H groups in total. The minimum atomic E-state index is 0.232. The third-order valence-electron chi connectivity index (χ3n) is 2.31. The van der Waals surface area contributed by atoms with Crippen LogP contribution in [0, 0.1) is 5.92 Å². The summed E-state index contributed by atoms with van der Waals surface area (Å²) in [5.41, 5.74) is 0. The highest BCUT2D eigenvalue weighted by atomic mass is 16.2. The molecule has 10 heavy (non-hydrogen) atoms. The molecule has 0 unspecified atom stereocenters. The van der Waals surface area contributed by atoms with E-state index < -0.39 is 0 Å². The average Bonchev–Trinajstić information content (AvgIpc) is 2.34. The zero-order valence-electron chi connectivity index (χ0n) is 6.76. The zero-order chi connectivity index (χ0) is 7.56. The predicted molar refractivity (Wildman–Crippen MR) is 40.7 cm³/mol. The van der Waals surface area contributed by atoms with Gasteiger partial charge in [-0.2, -0.15) is 0 Å². The zero-order valence-corrected chi connectivity index (χ0v) is 6.76. The van der Waals surface area contributed by atoms with Crippen molar-refractivity contribution in [2.24, 2.45) is 5.92 Å². The normalized spacial score (nSPS) is 25.4. The third-order valence-corrected chi connectivity index (χ3v) is 2.31. The van der Waals surface area contributed by atoms with Crippen LogP contribution in [-0.2, 0) is 4.79 Å². The molecule has 0 saturated carbocycles. The lowest BCUT2D eigenvalue weighted by Gasteiger charge is -2.12. The first-order chi connectivity index (χ1) is 4.74. The lowest BCUT2D eigenvalue weighted by Crippen LogP contribution is -2.25. The van der Waals surface area contributed by atoms with Crippen LogP contribution in [0.1, 0.15) is 26.7 Å². The molecule has 1 aliphatic heterocycles. The number of carbonyl (C=O) groups is 1. The van der Waals surface area contributed by atoms with E-state index in [1.807, 2.05) is 4.90 Å². The molecule has 0 bridgehead atoms. The van der Waals surface area contributed by atoms with Gasteiger partial charge in [-0.25, -0.2) is 0 Å². The smallest absolute Gasteiger partial charge is 0.219 e. The van der Waals surface area contributed by atoms with Gasteiger partial charge in [0.05, 0.1) is 0 Å². The van der Waals surface area contributed by atoms with E-state index in [9.17, 15) is 4.79 Å². The predicted octanol–water partition coefficient (Wildman–Crippen LogP) is 1.26. The topological polar surface area (TPSA) is 20.3 Å². The summed E-state index contributed by atoms with van der Waals surface area (Å²) in [4.78, 5) is 12.8. The Balaban J connectivity index is 2.35. The maximum Gasteiger partial charge on any atom is 0.219 e. The molecule has 1 atom stereocenters. The van der Waals surface area contributed by atoms with Crippen LogP contribution in [0.2, 0.25) is 0 Å². The van der Waals surface area contributed by atoms with Crippen molar-refractivity contribution in [3.63, 3.8) is 0 Å². The van der Waals surface area contributed by atoms with Crippen LogP contribution in [-0.4, -0.2) is 23.9 Å². The monoisotopic (exact) mass is 141 g/mol. The highest BCUT2D eigenvalue weighted by Crippen LogP contribution is 2.18. The van der Waals surface area contributed by atoms with Crippen molar-refractivity contribution in [1.82, 2.24) is 4.90 Å². The molecule has 2 nitrogen and oxygen atoms in total. The van der Waals surface area contributed by atoms with E-state index in [1.54, 1.807) is 6.92 Å². The largest absolute Gasteiger partial charge is 0.343 e. The maximum atomic E-state index is 10.8. The SMILES string of the molecule is CC[C@@H]1CCN(C(C)=O)C1. The number of nitrogens with zero attached hydrogens (tertiary/aromatic N) is 1. The Morgan fingerprint density at radius 1 is 1.70 bits per heavy atom. The Hall–Kier alpha value is -0.530. The molecule has 1 amide bonds. The number of rotatable bonds is 1. The van der Waals surface area contributed by atoms with E-state index in [1.165, 1.54) is 12.8 Å². The van der Waals surface area contributed by atoms with Crippen molar-refractivity contribution in [1.29, 1.82) is 0 Å². The molecule has 0 radical (unpaired) electrons. The fourth-order valence-corrected chi connectivity index (χ4v) is 1.45. The van der Waals surface area contributed by atoms with Crippen molar-refractivity contribution in [2.45, 2.75) is 26.7 Å². The summed E-state index contributed by atoms with van der Waals surface area (Å²) in [6, 6.07) is 0. The summed E-state index contributed by atoms with van der Waals surface area (Å²) >= 11 is 0. The van der Waals surface area contributed by atoms with E-state index in [0.717, 1.165) is 19.0 Å². The molecular formula is C8H15NO. The second kappa shape index (κ2) is 3.04. The Morgan fingerprint density at radius 2 is 2.40 bits per heavy atom. The molecule has 1 aliphatic rings. The number of likely N-dealkylation sites (tertiary alicyclic amines) is 1. The minimum absolute atomic E-state index is 0.232. The van der Waals surface area contributed by atoms with E-state index in [0.29, 0.717) is 0 Å². The number of hydrogen-bond donors (Lipinski definition) is 0. The van der Waals surface area contributed by atoms with Crippen LogP contribution in [0.5, 0.6) is 0 Å². The molecule has 1 saturated heterocycles. The van der Waals surface area contributed by atoms with Crippen molar-refractivity contribution < 1.29 is 4.79 Å². The Morgan fingerprint density at radius 3 is 2.70 bits per heavy atom. The van der Waals surface area contributed by atoms with Crippen molar-refractivity contribution in [3.8, 4) is 0 Å². The molecular weight excluding hydrogens is 126 g/mol. The van der Waals surface area contributed by atoms with Crippen molar-refractivity contribution >= 4 is 5.91 Å². The number of amides is 1. The Kier molecular flexibility index (Phi) is 2.30. The molecule has 2 heteroatoms. The molecule has 1 fully saturated rings. The van der Waals surface area contributed by atoms with Crippen LogP contribution < -0.4 is 0 Å². The van der Waals surface area contributed by atoms with Gasteiger partial charge in [-0.3, -0.25) is 4.79 Å². The summed E-state index contributed by atoms with van der Waals surface area (Å²) in [6.45, 7) is 5.81. The van der Waals surface area contributed by atoms with Gasteiger partial charge in [0.2, 0.25) is 5.91 Å². The first-order valence-electron chi connectivity index (χ1n) is 3.99. The van der Waals surface area contributed by atoms with E-state index in [4.69, 9.17) is 0 Å². The molecule has 0 spiro atoms. The first-order valence-corrected chi connectivity index (χ1v) is 3.99. The summed E-state index contributed by atoms with van der Waals surface area (Å²) in [5, 5.41) is 0. The van der Waals surface area contributed by atoms with E-state index in [2.05, 4.69) is 6.92 Å². The lowest BCUT2D eigenvalue weighted by molar-refractivity contribution is -0.127. The molecule has 1 heterocycles. The van der Waals surface area contributed by atoms with Gasteiger partial charge in [0.15, 0.2) is 0 Å². The second-order valence-electron chi connectivity index (χ2n) is 3.03. The fourth-order valence-electron chi connectivity index (χ4n) is 1.45. The van der Waals surface area contributed by atoms with Gasteiger partial charge in [0.1, 0.15) is 0 Å². The van der Waals surface area contributed by atoms with Crippen LogP contribution in [0.25, 0.3) is 0 Å². The highest BCUT2D eigenvalue weighted by molar-refractivity contribution is 5.73. The second-order valence-corrected chi connectivity index (χ2v) is 3.03. The van der Waals surface area contributed by atoms with Gasteiger partial charge in [0, 0.05) is 20.0 Å². The molecule has 0 aromatic carbocycles. The minimum Gasteiger partial charge on any atom is -0.343 e. The van der Waals surface area contributed by atoms with Crippen LogP contribution in [0.15, 0.2) is 0 Å². The van der Waals surface area contributed by atoms with Crippen molar-refractivity contribution in [2.75, 3.05) is 13.1 Å². The molecule has 0 aromatic rings. The molecule has 58 valence electrons. The average molecular weight is 141 g/mol. The van der Waals surface area contributed by atoms with E-state index in [-0.39, 0.29) is 5.91 Å². The van der Waals surface area contributed by atoms with Crippen LogP contribution >= 0.6 is 0 Å². The lowest BCUT2D eigenvalue weighted by atomic mass is 10.1. The first kappa shape index (κ1) is 7.58. The summed E-state index contributed by atoms with van der Waals surface area (Å²) in [6.07, 6.45) is 2.42. The van der Waals surface area contributed by atoms with Crippen molar-refractivity contribution in [3.05, 3.63) is 0 Å².